The molecule has 0 fully saturated rings. The molecular weight excluding hydrogens is 709 g/mol. The summed E-state index contributed by atoms with van der Waals surface area (Å²) in [6.45, 7) is 8.88. The monoisotopic (exact) mass is 751 g/mol. The van der Waals surface area contributed by atoms with Gasteiger partial charge in [0.1, 0.15) is 24.0 Å². The molecule has 0 aliphatic carbocycles. The van der Waals surface area contributed by atoms with E-state index in [1.807, 2.05) is 32.0 Å². The average molecular weight is 752 g/mol. The van der Waals surface area contributed by atoms with Crippen LogP contribution in [0.25, 0.3) is 71.0 Å². The van der Waals surface area contributed by atoms with Gasteiger partial charge in [0.25, 0.3) is 0 Å². The van der Waals surface area contributed by atoms with Crippen molar-refractivity contribution in [2.75, 3.05) is 4.90 Å². The van der Waals surface area contributed by atoms with Crippen LogP contribution in [0.15, 0.2) is 164 Å². The Hall–Kier alpha value is -7.11. The summed E-state index contributed by atoms with van der Waals surface area (Å²) in [6.07, 6.45) is 1.80. The maximum Gasteiger partial charge on any atom is 0.137 e. The van der Waals surface area contributed by atoms with Crippen LogP contribution in [0.2, 0.25) is 0 Å². The molecule has 7 aromatic carbocycles. The molecule has 3 aromatic heterocycles. The maximum absolute atomic E-state index is 8.70. The van der Waals surface area contributed by atoms with Crippen LogP contribution in [-0.4, -0.2) is 14.1 Å². The van der Waals surface area contributed by atoms with Crippen molar-refractivity contribution in [3.63, 3.8) is 0 Å². The molecule has 5 heteroatoms. The maximum atomic E-state index is 8.70. The first-order valence-corrected chi connectivity index (χ1v) is 20.0. The predicted octanol–water partition coefficient (Wildman–Crippen LogP) is 14.4. The standard InChI is InChI=1S/C53H42N4O/c1-33(2)36-26-27-54-51(29-36)57-48-20-8-7-17-43(48)44-25-23-39(31-50(44)57)58-38-14-10-13-37(30-38)55-32-56-52-35(4)12-9-18-46(52)47-28-34(3)22-24-42(47)40-15-5-6-16-41(40)45-19-11-21-49(55)53(45)56/h5-31,33H,32H2,1-4H3/i33D. The van der Waals surface area contributed by atoms with Gasteiger partial charge in [-0.3, -0.25) is 4.57 Å². The summed E-state index contributed by atoms with van der Waals surface area (Å²) in [5, 5.41) is 9.66. The lowest BCUT2D eigenvalue weighted by atomic mass is 9.99. The summed E-state index contributed by atoms with van der Waals surface area (Å²) in [5.74, 6) is 1.52. The molecular formula is C53H42N4O. The minimum absolute atomic E-state index is 0.643. The fourth-order valence-corrected chi connectivity index (χ4v) is 9.21. The molecule has 0 radical (unpaired) electrons. The summed E-state index contributed by atoms with van der Waals surface area (Å²) in [5.41, 5.74) is 10.1. The van der Waals surface area contributed by atoms with Crippen LogP contribution >= 0.6 is 0 Å². The number of nitrogens with zero attached hydrogens (tertiary/aromatic N) is 4. The molecule has 0 saturated carbocycles. The number of hydrogen-bond acceptors (Lipinski definition) is 3. The molecule has 0 saturated heterocycles. The second-order valence-corrected chi connectivity index (χ2v) is 15.8. The van der Waals surface area contributed by atoms with Crippen molar-refractivity contribution in [1.29, 1.82) is 0 Å². The second-order valence-electron chi connectivity index (χ2n) is 15.8. The van der Waals surface area contributed by atoms with Crippen molar-refractivity contribution in [3.05, 3.63) is 181 Å². The fraction of sp³-hybridized carbons (Fsp3) is 0.113. The van der Waals surface area contributed by atoms with Crippen LogP contribution in [0.3, 0.4) is 0 Å². The van der Waals surface area contributed by atoms with Gasteiger partial charge in [0, 0.05) is 46.9 Å². The third kappa shape index (κ3) is 5.34. The number of benzene rings is 7. The van der Waals surface area contributed by atoms with Gasteiger partial charge in [-0.1, -0.05) is 116 Å². The Balaban J connectivity index is 1.06. The summed E-state index contributed by atoms with van der Waals surface area (Å²) < 4.78 is 20.2. The zero-order valence-corrected chi connectivity index (χ0v) is 33.0. The van der Waals surface area contributed by atoms with E-state index in [9.17, 15) is 0 Å². The van der Waals surface area contributed by atoms with Crippen LogP contribution in [-0.2, 0) is 6.67 Å². The molecule has 1 aliphatic rings. The number of fused-ring (bicyclic) bond motifs is 10. The number of anilines is 2. The SMILES string of the molecule is [2H]C(C)(C)c1ccnc(-n2c3ccccc3c3ccc(Oc4cccc(N5Cn6c7c(C)cccc7c7cc(C)ccc7c7ccccc7c7cccc5c76)c4)cc32)c1. The highest BCUT2D eigenvalue weighted by Gasteiger charge is 2.25. The number of para-hydroxylation sites is 3. The van der Waals surface area contributed by atoms with Gasteiger partial charge in [0.15, 0.2) is 0 Å². The van der Waals surface area contributed by atoms with Crippen LogP contribution in [0, 0.1) is 13.8 Å². The second kappa shape index (κ2) is 13.2. The zero-order valence-electron chi connectivity index (χ0n) is 34.0. The van der Waals surface area contributed by atoms with E-state index >= 15 is 0 Å². The van der Waals surface area contributed by atoms with Gasteiger partial charge in [-0.15, -0.1) is 0 Å². The van der Waals surface area contributed by atoms with Gasteiger partial charge in [0.05, 0.1) is 27.8 Å². The van der Waals surface area contributed by atoms with E-state index in [0.717, 1.165) is 56.1 Å². The Morgan fingerprint density at radius 1 is 0.569 bits per heavy atom. The van der Waals surface area contributed by atoms with Crippen LogP contribution < -0.4 is 9.64 Å². The highest BCUT2D eigenvalue weighted by molar-refractivity contribution is 6.21. The number of hydrogen-bond donors (Lipinski definition) is 0. The van der Waals surface area contributed by atoms with Gasteiger partial charge >= 0.3 is 0 Å². The molecule has 10 aromatic rings. The topological polar surface area (TPSA) is 35.2 Å². The van der Waals surface area contributed by atoms with E-state index in [2.05, 4.69) is 167 Å². The first-order chi connectivity index (χ1) is 28.7. The largest absolute Gasteiger partial charge is 0.457 e. The Labute approximate surface area is 338 Å². The van der Waals surface area contributed by atoms with E-state index < -0.39 is 5.89 Å². The van der Waals surface area contributed by atoms with E-state index in [4.69, 9.17) is 11.1 Å². The molecule has 11 rings (SSSR count). The first-order valence-electron chi connectivity index (χ1n) is 20.5. The van der Waals surface area contributed by atoms with Crippen molar-refractivity contribution in [2.45, 2.75) is 40.3 Å². The van der Waals surface area contributed by atoms with Crippen LogP contribution in [0.4, 0.5) is 11.4 Å². The minimum Gasteiger partial charge on any atom is -0.457 e. The zero-order chi connectivity index (χ0) is 40.0. The molecule has 0 N–H and O–H groups in total. The number of aromatic nitrogens is 3. The van der Waals surface area contributed by atoms with Gasteiger partial charge < -0.3 is 14.2 Å². The number of pyridine rings is 1. The fourth-order valence-electron chi connectivity index (χ4n) is 9.21. The average Bonchev–Trinajstić information content (AvgIpc) is 3.80. The van der Waals surface area contributed by atoms with E-state index in [1.54, 1.807) is 6.20 Å². The summed E-state index contributed by atoms with van der Waals surface area (Å²) in [7, 11) is 0. The molecule has 280 valence electrons. The van der Waals surface area contributed by atoms with Gasteiger partial charge in [0.2, 0.25) is 0 Å². The summed E-state index contributed by atoms with van der Waals surface area (Å²) in [6, 6.07) is 56.3. The van der Waals surface area contributed by atoms with Gasteiger partial charge in [-0.25, -0.2) is 4.98 Å². The lowest BCUT2D eigenvalue weighted by Crippen LogP contribution is -2.14. The Morgan fingerprint density at radius 3 is 2.09 bits per heavy atom. The van der Waals surface area contributed by atoms with Crippen LogP contribution in [0.5, 0.6) is 11.5 Å². The van der Waals surface area contributed by atoms with Crippen molar-refractivity contribution < 1.29 is 6.11 Å². The van der Waals surface area contributed by atoms with Crippen molar-refractivity contribution >= 4 is 76.5 Å². The Bertz CT molecular complexity index is 3420. The van der Waals surface area contributed by atoms with Gasteiger partial charge in [-0.2, -0.15) is 0 Å². The summed E-state index contributed by atoms with van der Waals surface area (Å²) in [4.78, 5) is 7.21. The van der Waals surface area contributed by atoms with Gasteiger partial charge in [-0.05, 0) is 101 Å². The molecule has 0 bridgehead atoms. The smallest absolute Gasteiger partial charge is 0.137 e. The van der Waals surface area contributed by atoms with Crippen LogP contribution in [0.1, 0.15) is 37.8 Å². The van der Waals surface area contributed by atoms with Crippen molar-refractivity contribution in [1.82, 2.24) is 14.1 Å². The van der Waals surface area contributed by atoms with Crippen molar-refractivity contribution in [3.8, 4) is 17.3 Å². The predicted molar refractivity (Wildman–Crippen MR) is 243 cm³/mol. The van der Waals surface area contributed by atoms with E-state index in [1.165, 1.54) is 54.5 Å². The highest BCUT2D eigenvalue weighted by Crippen LogP contribution is 2.44. The quantitative estimate of drug-likeness (QED) is 0.176. The molecule has 4 heterocycles. The lowest BCUT2D eigenvalue weighted by Gasteiger charge is -2.21. The molecule has 0 spiro atoms. The molecule has 5 nitrogen and oxygen atoms in total. The third-order valence-electron chi connectivity index (χ3n) is 11.9. The molecule has 0 amide bonds. The summed E-state index contributed by atoms with van der Waals surface area (Å²) >= 11 is 0. The molecule has 0 unspecified atom stereocenters. The Morgan fingerprint density at radius 2 is 1.24 bits per heavy atom. The molecule has 1 aliphatic heterocycles. The first kappa shape index (κ1) is 33.1. The van der Waals surface area contributed by atoms with Crippen molar-refractivity contribution in [2.24, 2.45) is 0 Å². The van der Waals surface area contributed by atoms with E-state index in [0.29, 0.717) is 6.67 Å². The minimum atomic E-state index is -0.753. The lowest BCUT2D eigenvalue weighted by molar-refractivity contribution is 0.483. The normalized spacial score (nSPS) is 13.0. The molecule has 0 atom stereocenters. The third-order valence-corrected chi connectivity index (χ3v) is 11.9. The van der Waals surface area contributed by atoms with E-state index in [-0.39, 0.29) is 0 Å². The Kier molecular flexibility index (Phi) is 7.55. The molecule has 58 heavy (non-hydrogen) atoms. The number of rotatable bonds is 5. The highest BCUT2D eigenvalue weighted by atomic mass is 16.5. The number of ether oxygens (including phenoxy) is 1. The number of aryl methyl sites for hydroxylation is 2.